The molecule has 0 aliphatic heterocycles. The van der Waals surface area contributed by atoms with Crippen molar-refractivity contribution < 1.29 is 14.3 Å². The molecule has 0 bridgehead atoms. The van der Waals surface area contributed by atoms with Crippen molar-refractivity contribution in [1.29, 1.82) is 0 Å². The molecule has 0 spiro atoms. The van der Waals surface area contributed by atoms with Crippen LogP contribution < -0.4 is 5.69 Å². The minimum atomic E-state index is -0.544. The lowest BCUT2D eigenvalue weighted by molar-refractivity contribution is -0.137. The van der Waals surface area contributed by atoms with Crippen LogP contribution in [0.15, 0.2) is 35.3 Å². The Bertz CT molecular complexity index is 876. The van der Waals surface area contributed by atoms with Crippen LogP contribution in [0.25, 0.3) is 5.69 Å². The Kier molecular flexibility index (Phi) is 6.34. The van der Waals surface area contributed by atoms with Gasteiger partial charge in [-0.05, 0) is 51.0 Å². The summed E-state index contributed by atoms with van der Waals surface area (Å²) in [5.74, 6) is -0.688. The lowest BCUT2D eigenvalue weighted by Gasteiger charge is -2.33. The molecule has 7 nitrogen and oxygen atoms in total. The highest BCUT2D eigenvalue weighted by atomic mass is 16.5. The van der Waals surface area contributed by atoms with Gasteiger partial charge in [0, 0.05) is 24.5 Å². The van der Waals surface area contributed by atoms with Gasteiger partial charge in [-0.2, -0.15) is 0 Å². The predicted molar refractivity (Wildman–Crippen MR) is 106 cm³/mol. The van der Waals surface area contributed by atoms with E-state index in [1.54, 1.807) is 30.5 Å². The highest BCUT2D eigenvalue weighted by Gasteiger charge is 2.25. The van der Waals surface area contributed by atoms with Gasteiger partial charge in [-0.1, -0.05) is 19.3 Å². The van der Waals surface area contributed by atoms with E-state index in [4.69, 9.17) is 4.74 Å². The Balaban J connectivity index is 1.60. The largest absolute Gasteiger partial charge is 0.452 e. The molecule has 0 radical (unpaired) electrons. The monoisotopic (exact) mass is 385 g/mol. The number of carbonyl (C=O) groups is 2. The normalized spacial score (nSPS) is 14.6. The topological polar surface area (TPSA) is 84.4 Å². The van der Waals surface area contributed by atoms with Gasteiger partial charge in [0.2, 0.25) is 0 Å². The van der Waals surface area contributed by atoms with Crippen LogP contribution in [-0.4, -0.2) is 45.5 Å². The van der Waals surface area contributed by atoms with E-state index in [1.165, 1.54) is 11.0 Å². The molecule has 28 heavy (non-hydrogen) atoms. The summed E-state index contributed by atoms with van der Waals surface area (Å²) in [4.78, 5) is 41.1. The average Bonchev–Trinajstić information content (AvgIpc) is 3.06. The summed E-state index contributed by atoms with van der Waals surface area (Å²) >= 11 is 0. The van der Waals surface area contributed by atoms with Gasteiger partial charge in [0.15, 0.2) is 6.61 Å². The van der Waals surface area contributed by atoms with Crippen molar-refractivity contribution in [2.75, 3.05) is 13.2 Å². The third kappa shape index (κ3) is 4.35. The van der Waals surface area contributed by atoms with E-state index < -0.39 is 5.97 Å². The number of nitrogens with zero attached hydrogens (tertiary/aromatic N) is 2. The zero-order chi connectivity index (χ0) is 20.1. The van der Waals surface area contributed by atoms with E-state index in [0.29, 0.717) is 17.8 Å². The zero-order valence-electron chi connectivity index (χ0n) is 16.4. The molecular formula is C21H27N3O4. The molecule has 1 N–H and O–H groups in total. The van der Waals surface area contributed by atoms with Gasteiger partial charge in [0.25, 0.3) is 5.91 Å². The number of esters is 1. The molecule has 0 unspecified atom stereocenters. The maximum Gasteiger partial charge on any atom is 0.338 e. The van der Waals surface area contributed by atoms with Gasteiger partial charge in [-0.15, -0.1) is 0 Å². The number of carbonyl (C=O) groups excluding carboxylic acids is 2. The Labute approximate surface area is 164 Å². The molecule has 7 heteroatoms. The van der Waals surface area contributed by atoms with Crippen LogP contribution >= 0.6 is 0 Å². The van der Waals surface area contributed by atoms with Gasteiger partial charge in [0.05, 0.1) is 11.3 Å². The maximum absolute atomic E-state index is 12.5. The fourth-order valence-corrected chi connectivity index (χ4v) is 3.85. The smallest absolute Gasteiger partial charge is 0.338 e. The summed E-state index contributed by atoms with van der Waals surface area (Å²) in [6, 6.07) is 6.81. The second-order valence-electron chi connectivity index (χ2n) is 7.17. The molecule has 150 valence electrons. The first-order valence-corrected chi connectivity index (χ1v) is 9.85. The summed E-state index contributed by atoms with van der Waals surface area (Å²) in [5.41, 5.74) is 1.54. The molecule has 1 amide bonds. The molecule has 2 aromatic rings. The first-order chi connectivity index (χ1) is 13.5. The van der Waals surface area contributed by atoms with E-state index in [9.17, 15) is 14.4 Å². The van der Waals surface area contributed by atoms with E-state index in [2.05, 4.69) is 4.98 Å². The number of nitrogens with one attached hydrogen (secondary N) is 1. The van der Waals surface area contributed by atoms with Crippen molar-refractivity contribution in [3.05, 3.63) is 52.2 Å². The van der Waals surface area contributed by atoms with Gasteiger partial charge < -0.3 is 14.6 Å². The molecule has 3 rings (SSSR count). The first-order valence-electron chi connectivity index (χ1n) is 9.85. The Morgan fingerprint density at radius 1 is 1.18 bits per heavy atom. The van der Waals surface area contributed by atoms with Gasteiger partial charge in [-0.3, -0.25) is 9.36 Å². The summed E-state index contributed by atoms with van der Waals surface area (Å²) < 4.78 is 6.75. The van der Waals surface area contributed by atoms with Crippen LogP contribution in [0.2, 0.25) is 0 Å². The van der Waals surface area contributed by atoms with Crippen molar-refractivity contribution in [2.45, 2.75) is 52.0 Å². The molecule has 0 saturated heterocycles. The molecule has 1 aliphatic carbocycles. The van der Waals surface area contributed by atoms with Gasteiger partial charge >= 0.3 is 11.7 Å². The number of hydrogen-bond acceptors (Lipinski definition) is 4. The maximum atomic E-state index is 12.5. The lowest BCUT2D eigenvalue weighted by Crippen LogP contribution is -2.43. The number of aromatic amines is 1. The van der Waals surface area contributed by atoms with Crippen molar-refractivity contribution in [1.82, 2.24) is 14.5 Å². The van der Waals surface area contributed by atoms with E-state index in [1.807, 2.05) is 18.7 Å². The highest BCUT2D eigenvalue weighted by Crippen LogP contribution is 2.22. The number of imidazole rings is 1. The fraction of sp³-hybridized carbons (Fsp3) is 0.476. The number of rotatable bonds is 6. The van der Waals surface area contributed by atoms with Crippen molar-refractivity contribution in [3.8, 4) is 5.69 Å². The number of aryl methyl sites for hydroxylation is 1. The number of aromatic nitrogens is 2. The third-order valence-corrected chi connectivity index (χ3v) is 5.32. The standard InChI is InChI=1S/C21H27N3O4/c1-3-23(17-7-5-4-6-8-17)19(25)14-28-20(26)16-9-11-18(12-10-16)24-15(2)13-22-21(24)27/h9-13,17H,3-8,14H2,1-2H3,(H,22,27). The summed E-state index contributed by atoms with van der Waals surface area (Å²) in [7, 11) is 0. The fourth-order valence-electron chi connectivity index (χ4n) is 3.85. The van der Waals surface area contributed by atoms with Crippen LogP contribution in [0, 0.1) is 6.92 Å². The van der Waals surface area contributed by atoms with Gasteiger partial charge in [-0.25, -0.2) is 9.59 Å². The van der Waals surface area contributed by atoms with Crippen molar-refractivity contribution in [2.24, 2.45) is 0 Å². The number of ether oxygens (including phenoxy) is 1. The second kappa shape index (κ2) is 8.91. The molecule has 1 saturated carbocycles. The molecule has 1 aromatic heterocycles. The molecule has 1 fully saturated rings. The SMILES string of the molecule is CCN(C(=O)COC(=O)c1ccc(-n2c(C)c[nH]c2=O)cc1)C1CCCCC1. The first kappa shape index (κ1) is 19.9. The zero-order valence-corrected chi connectivity index (χ0v) is 16.4. The van der Waals surface area contributed by atoms with Gasteiger partial charge in [0.1, 0.15) is 0 Å². The molecule has 1 heterocycles. The minimum Gasteiger partial charge on any atom is -0.452 e. The van der Waals surface area contributed by atoms with Crippen LogP contribution in [0.4, 0.5) is 0 Å². The average molecular weight is 385 g/mol. The molecule has 1 aromatic carbocycles. The number of benzene rings is 1. The van der Waals surface area contributed by atoms with Crippen LogP contribution in [-0.2, 0) is 9.53 Å². The van der Waals surface area contributed by atoms with Crippen LogP contribution in [0.5, 0.6) is 0 Å². The Morgan fingerprint density at radius 3 is 2.43 bits per heavy atom. The summed E-state index contributed by atoms with van der Waals surface area (Å²) in [6.07, 6.45) is 7.18. The Morgan fingerprint density at radius 2 is 1.86 bits per heavy atom. The Hall–Kier alpha value is -2.83. The van der Waals surface area contributed by atoms with E-state index in [0.717, 1.165) is 31.4 Å². The number of amides is 1. The van der Waals surface area contributed by atoms with Crippen LogP contribution in [0.1, 0.15) is 55.1 Å². The quantitative estimate of drug-likeness (QED) is 0.775. The molecule has 1 aliphatic rings. The van der Waals surface area contributed by atoms with E-state index in [-0.39, 0.29) is 24.2 Å². The van der Waals surface area contributed by atoms with E-state index >= 15 is 0 Å². The lowest BCUT2D eigenvalue weighted by atomic mass is 9.94. The predicted octanol–water partition coefficient (Wildman–Crippen LogP) is 2.81. The molecule has 0 atom stereocenters. The summed E-state index contributed by atoms with van der Waals surface area (Å²) in [5, 5.41) is 0. The highest BCUT2D eigenvalue weighted by molar-refractivity contribution is 5.91. The molecular weight excluding hydrogens is 358 g/mol. The number of hydrogen-bond donors (Lipinski definition) is 1. The minimum absolute atomic E-state index is 0.145. The second-order valence-corrected chi connectivity index (χ2v) is 7.17. The van der Waals surface area contributed by atoms with Crippen molar-refractivity contribution in [3.63, 3.8) is 0 Å². The van der Waals surface area contributed by atoms with Crippen molar-refractivity contribution >= 4 is 11.9 Å². The number of likely N-dealkylation sites (N-methyl/N-ethyl adjacent to an activating group) is 1. The summed E-state index contributed by atoms with van der Waals surface area (Å²) in [6.45, 7) is 4.15. The van der Waals surface area contributed by atoms with Crippen LogP contribution in [0.3, 0.4) is 0 Å². The third-order valence-electron chi connectivity index (χ3n) is 5.32. The number of H-pyrrole nitrogens is 1.